The van der Waals surface area contributed by atoms with Crippen LogP contribution in [-0.4, -0.2) is 32.9 Å². The van der Waals surface area contributed by atoms with E-state index in [1.807, 2.05) is 24.3 Å². The second kappa shape index (κ2) is 6.83. The first-order valence-corrected chi connectivity index (χ1v) is 10.1. The van der Waals surface area contributed by atoms with E-state index in [0.29, 0.717) is 24.1 Å². The fraction of sp³-hybridized carbons (Fsp3) is 0.250. The molecule has 1 fully saturated rings. The topological polar surface area (TPSA) is 76.8 Å². The number of rotatable bonds is 4. The maximum absolute atomic E-state index is 13.1. The third kappa shape index (κ3) is 3.24. The molecule has 6 nitrogen and oxygen atoms in total. The van der Waals surface area contributed by atoms with Gasteiger partial charge in [-0.1, -0.05) is 18.2 Å². The molecule has 0 spiro atoms. The minimum atomic E-state index is -3.63. The van der Waals surface area contributed by atoms with Crippen molar-refractivity contribution >= 4 is 21.0 Å². The first-order valence-electron chi connectivity index (χ1n) is 8.66. The number of hydrogen-bond acceptors (Lipinski definition) is 5. The van der Waals surface area contributed by atoms with Gasteiger partial charge in [0.05, 0.1) is 12.0 Å². The van der Waals surface area contributed by atoms with Gasteiger partial charge in [0.2, 0.25) is 10.0 Å². The molecule has 1 unspecified atom stereocenters. The van der Waals surface area contributed by atoms with Crippen LogP contribution in [0.4, 0.5) is 0 Å². The average Bonchev–Trinajstić information content (AvgIpc) is 3.18. The van der Waals surface area contributed by atoms with Gasteiger partial charge in [-0.2, -0.15) is 4.31 Å². The molecule has 2 heterocycles. The number of hydrogen-bond donors (Lipinski definition) is 0. The highest BCUT2D eigenvalue weighted by Gasteiger charge is 2.34. The van der Waals surface area contributed by atoms with Crippen molar-refractivity contribution in [1.29, 1.82) is 0 Å². The van der Waals surface area contributed by atoms with Gasteiger partial charge in [0.1, 0.15) is 11.3 Å². The van der Waals surface area contributed by atoms with Gasteiger partial charge in [-0.05, 0) is 42.3 Å². The highest BCUT2D eigenvalue weighted by atomic mass is 32.2. The number of methoxy groups -OCH3 is 1. The molecule has 7 heteroatoms. The molecule has 27 heavy (non-hydrogen) atoms. The Hall–Kier alpha value is -2.64. The summed E-state index contributed by atoms with van der Waals surface area (Å²) in [6.07, 6.45) is 0.738. The third-order valence-electron chi connectivity index (χ3n) is 4.96. The van der Waals surface area contributed by atoms with Gasteiger partial charge in [0.25, 0.3) is 0 Å². The molecule has 1 aromatic heterocycles. The van der Waals surface area contributed by atoms with Crippen molar-refractivity contribution in [3.05, 3.63) is 70.6 Å². The van der Waals surface area contributed by atoms with Gasteiger partial charge < -0.3 is 9.15 Å². The Balaban J connectivity index is 1.63. The summed E-state index contributed by atoms with van der Waals surface area (Å²) in [7, 11) is -2.01. The zero-order chi connectivity index (χ0) is 19.0. The Kier molecular flexibility index (Phi) is 4.49. The summed E-state index contributed by atoms with van der Waals surface area (Å²) < 4.78 is 38.2. The predicted molar refractivity (Wildman–Crippen MR) is 102 cm³/mol. The summed E-state index contributed by atoms with van der Waals surface area (Å²) in [6, 6.07) is 15.1. The lowest BCUT2D eigenvalue weighted by Gasteiger charge is -2.18. The molecular weight excluding hydrogens is 366 g/mol. The van der Waals surface area contributed by atoms with E-state index in [1.165, 1.54) is 22.5 Å². The second-order valence-electron chi connectivity index (χ2n) is 6.54. The fourth-order valence-corrected chi connectivity index (χ4v) is 5.10. The van der Waals surface area contributed by atoms with E-state index in [2.05, 4.69) is 0 Å². The van der Waals surface area contributed by atoms with Crippen LogP contribution in [0.3, 0.4) is 0 Å². The Morgan fingerprint density at radius 3 is 2.74 bits per heavy atom. The van der Waals surface area contributed by atoms with Crippen molar-refractivity contribution in [2.75, 3.05) is 20.2 Å². The maximum atomic E-state index is 13.1. The van der Waals surface area contributed by atoms with E-state index < -0.39 is 15.6 Å². The van der Waals surface area contributed by atoms with Crippen molar-refractivity contribution in [2.45, 2.75) is 17.2 Å². The molecule has 4 rings (SSSR count). The lowest BCUT2D eigenvalue weighted by molar-refractivity contribution is 0.405. The van der Waals surface area contributed by atoms with Gasteiger partial charge in [0, 0.05) is 30.5 Å². The van der Waals surface area contributed by atoms with Gasteiger partial charge in [-0.3, -0.25) is 0 Å². The van der Waals surface area contributed by atoms with Crippen molar-refractivity contribution in [2.24, 2.45) is 0 Å². The molecule has 140 valence electrons. The summed E-state index contributed by atoms with van der Waals surface area (Å²) in [5, 5.41) is 0.580. The minimum absolute atomic E-state index is 0.0920. The van der Waals surface area contributed by atoms with E-state index in [4.69, 9.17) is 9.15 Å². The van der Waals surface area contributed by atoms with Crippen LogP contribution >= 0.6 is 0 Å². The number of fused-ring (bicyclic) bond motifs is 1. The van der Waals surface area contributed by atoms with E-state index >= 15 is 0 Å². The highest BCUT2D eigenvalue weighted by Crippen LogP contribution is 2.35. The van der Waals surface area contributed by atoms with Gasteiger partial charge in [-0.15, -0.1) is 0 Å². The number of nitrogens with zero attached hydrogens (tertiary/aromatic N) is 1. The second-order valence-corrected chi connectivity index (χ2v) is 8.48. The van der Waals surface area contributed by atoms with Crippen LogP contribution in [0.5, 0.6) is 5.75 Å². The van der Waals surface area contributed by atoms with Crippen molar-refractivity contribution in [3.8, 4) is 5.75 Å². The molecule has 0 N–H and O–H groups in total. The van der Waals surface area contributed by atoms with Crippen LogP contribution in [0.1, 0.15) is 17.9 Å². The zero-order valence-corrected chi connectivity index (χ0v) is 15.6. The van der Waals surface area contributed by atoms with Crippen molar-refractivity contribution < 1.29 is 17.6 Å². The summed E-state index contributed by atoms with van der Waals surface area (Å²) in [4.78, 5) is 11.5. The largest absolute Gasteiger partial charge is 0.496 e. The molecule has 2 aromatic carbocycles. The molecule has 0 saturated carbocycles. The maximum Gasteiger partial charge on any atom is 0.336 e. The standard InChI is InChI=1S/C20H19NO5S/c1-25-19-5-3-2-4-17(19)15-10-11-21(13-15)27(23,24)16-7-8-18-14(12-16)6-9-20(22)26-18/h2-9,12,15H,10-11,13H2,1H3. The van der Waals surface area contributed by atoms with Crippen LogP contribution in [0.25, 0.3) is 11.0 Å². The minimum Gasteiger partial charge on any atom is -0.496 e. The van der Waals surface area contributed by atoms with Crippen molar-refractivity contribution in [3.63, 3.8) is 0 Å². The average molecular weight is 385 g/mol. The van der Waals surface area contributed by atoms with Crippen molar-refractivity contribution in [1.82, 2.24) is 4.31 Å². The Morgan fingerprint density at radius 2 is 1.93 bits per heavy atom. The lowest BCUT2D eigenvalue weighted by Crippen LogP contribution is -2.28. The van der Waals surface area contributed by atoms with Crippen LogP contribution < -0.4 is 10.4 Å². The summed E-state index contributed by atoms with van der Waals surface area (Å²) in [5.41, 5.74) is 0.935. The zero-order valence-electron chi connectivity index (χ0n) is 14.8. The van der Waals surface area contributed by atoms with E-state index in [9.17, 15) is 13.2 Å². The molecule has 0 radical (unpaired) electrons. The summed E-state index contributed by atoms with van der Waals surface area (Å²) in [6.45, 7) is 0.859. The number of sulfonamides is 1. The third-order valence-corrected chi connectivity index (χ3v) is 6.82. The summed E-state index contributed by atoms with van der Waals surface area (Å²) in [5.74, 6) is 0.872. The molecule has 1 aliphatic rings. The van der Waals surface area contributed by atoms with Gasteiger partial charge in [0.15, 0.2) is 0 Å². The highest BCUT2D eigenvalue weighted by molar-refractivity contribution is 7.89. The fourth-order valence-electron chi connectivity index (χ4n) is 3.56. The first-order chi connectivity index (χ1) is 13.0. The molecule has 1 aliphatic heterocycles. The predicted octanol–water partition coefficient (Wildman–Crippen LogP) is 2.98. The molecule has 1 atom stereocenters. The monoisotopic (exact) mass is 385 g/mol. The van der Waals surface area contributed by atoms with Crippen LogP contribution in [0, 0.1) is 0 Å². The SMILES string of the molecule is COc1ccccc1C1CCN(S(=O)(=O)c2ccc3oc(=O)ccc3c2)C1. The Labute approximate surface area is 157 Å². The summed E-state index contributed by atoms with van der Waals surface area (Å²) >= 11 is 0. The van der Waals surface area contributed by atoms with E-state index in [-0.39, 0.29) is 10.8 Å². The van der Waals surface area contributed by atoms with Crippen LogP contribution in [0.2, 0.25) is 0 Å². The smallest absolute Gasteiger partial charge is 0.336 e. The Bertz CT molecular complexity index is 1150. The van der Waals surface area contributed by atoms with Crippen LogP contribution in [-0.2, 0) is 10.0 Å². The quantitative estimate of drug-likeness (QED) is 0.646. The lowest BCUT2D eigenvalue weighted by atomic mass is 9.97. The molecular formula is C20H19NO5S. The molecule has 1 saturated heterocycles. The van der Waals surface area contributed by atoms with E-state index in [0.717, 1.165) is 17.7 Å². The van der Waals surface area contributed by atoms with Crippen LogP contribution in [0.15, 0.2) is 68.7 Å². The number of para-hydroxylation sites is 1. The van der Waals surface area contributed by atoms with Gasteiger partial charge in [-0.25, -0.2) is 13.2 Å². The molecule has 0 bridgehead atoms. The normalized spacial score (nSPS) is 18.0. The first kappa shape index (κ1) is 17.8. The van der Waals surface area contributed by atoms with E-state index in [1.54, 1.807) is 19.2 Å². The Morgan fingerprint density at radius 1 is 1.11 bits per heavy atom. The number of ether oxygens (including phenoxy) is 1. The molecule has 0 amide bonds. The molecule has 3 aromatic rings. The number of benzene rings is 2. The molecule has 0 aliphatic carbocycles. The van der Waals surface area contributed by atoms with Gasteiger partial charge >= 0.3 is 5.63 Å².